The van der Waals surface area contributed by atoms with Gasteiger partial charge in [-0.25, -0.2) is 4.79 Å². The van der Waals surface area contributed by atoms with E-state index in [0.29, 0.717) is 18.0 Å². The summed E-state index contributed by atoms with van der Waals surface area (Å²) in [5.41, 5.74) is 5.70. The van der Waals surface area contributed by atoms with Gasteiger partial charge in [-0.1, -0.05) is 29.8 Å². The first-order valence-electron chi connectivity index (χ1n) is 11.7. The maximum Gasteiger partial charge on any atom is 0.331 e. The second-order valence-corrected chi connectivity index (χ2v) is 8.57. The average Bonchev–Trinajstić information content (AvgIpc) is 3.13. The molecule has 0 aliphatic rings. The fourth-order valence-electron chi connectivity index (χ4n) is 3.85. The largest absolute Gasteiger partial charge is 0.497 e. The van der Waals surface area contributed by atoms with E-state index in [4.69, 9.17) is 14.2 Å². The van der Waals surface area contributed by atoms with Crippen molar-refractivity contribution in [3.63, 3.8) is 0 Å². The number of nitrogens with one attached hydrogen (secondary N) is 1. The van der Waals surface area contributed by atoms with Gasteiger partial charge in [0.15, 0.2) is 6.61 Å². The Labute approximate surface area is 211 Å². The van der Waals surface area contributed by atoms with Gasteiger partial charge in [-0.05, 0) is 57.5 Å². The molecular formula is C28H33N3O5. The zero-order valence-electron chi connectivity index (χ0n) is 21.6. The number of carbonyl (C=O) groups excluding carboxylic acids is 2. The molecule has 1 heterocycles. The Morgan fingerprint density at radius 3 is 2.44 bits per heavy atom. The fraction of sp³-hybridized carbons (Fsp3) is 0.321. The second kappa shape index (κ2) is 12.1. The number of nitrogens with zero attached hydrogens (tertiary/aromatic N) is 2. The number of ether oxygens (including phenoxy) is 3. The van der Waals surface area contributed by atoms with E-state index >= 15 is 0 Å². The highest BCUT2D eigenvalue weighted by Crippen LogP contribution is 2.29. The zero-order chi connectivity index (χ0) is 26.2. The van der Waals surface area contributed by atoms with Crippen LogP contribution in [0, 0.1) is 20.8 Å². The first-order chi connectivity index (χ1) is 17.2. The van der Waals surface area contributed by atoms with Crippen molar-refractivity contribution in [3.05, 3.63) is 82.2 Å². The van der Waals surface area contributed by atoms with Gasteiger partial charge in [0.1, 0.15) is 11.5 Å². The molecule has 2 aromatic carbocycles. The maximum atomic E-state index is 12.4. The minimum Gasteiger partial charge on any atom is -0.497 e. The summed E-state index contributed by atoms with van der Waals surface area (Å²) in [7, 11) is 3.13. The molecule has 36 heavy (non-hydrogen) atoms. The summed E-state index contributed by atoms with van der Waals surface area (Å²) in [6, 6.07) is 13.3. The molecule has 8 nitrogen and oxygen atoms in total. The van der Waals surface area contributed by atoms with Crippen LogP contribution < -0.4 is 14.8 Å². The first kappa shape index (κ1) is 26.5. The molecule has 1 N–H and O–H groups in total. The van der Waals surface area contributed by atoms with Crippen LogP contribution in [0.3, 0.4) is 0 Å². The Bertz CT molecular complexity index is 1240. The number of hydrogen-bond acceptors (Lipinski definition) is 6. The Morgan fingerprint density at radius 1 is 1.06 bits per heavy atom. The van der Waals surface area contributed by atoms with Gasteiger partial charge in [-0.3, -0.25) is 9.48 Å². The summed E-state index contributed by atoms with van der Waals surface area (Å²) >= 11 is 0. The smallest absolute Gasteiger partial charge is 0.331 e. The van der Waals surface area contributed by atoms with Crippen LogP contribution in [0.5, 0.6) is 11.5 Å². The van der Waals surface area contributed by atoms with E-state index in [2.05, 4.69) is 41.6 Å². The number of aromatic nitrogens is 2. The number of rotatable bonds is 10. The fourth-order valence-corrected chi connectivity index (χ4v) is 3.85. The molecule has 0 aliphatic carbocycles. The highest BCUT2D eigenvalue weighted by molar-refractivity contribution is 5.89. The van der Waals surface area contributed by atoms with Gasteiger partial charge in [0.05, 0.1) is 32.5 Å². The van der Waals surface area contributed by atoms with Crippen LogP contribution in [0.25, 0.3) is 6.08 Å². The molecule has 0 bridgehead atoms. The molecule has 0 spiro atoms. The third-order valence-electron chi connectivity index (χ3n) is 5.90. The van der Waals surface area contributed by atoms with Gasteiger partial charge in [0, 0.05) is 22.9 Å². The highest BCUT2D eigenvalue weighted by atomic mass is 16.5. The van der Waals surface area contributed by atoms with Crippen molar-refractivity contribution in [2.45, 2.75) is 40.3 Å². The third-order valence-corrected chi connectivity index (χ3v) is 5.90. The number of hydrogen-bond donors (Lipinski definition) is 1. The molecule has 0 radical (unpaired) electrons. The van der Waals surface area contributed by atoms with Crippen molar-refractivity contribution in [2.75, 3.05) is 20.8 Å². The van der Waals surface area contributed by atoms with Crippen molar-refractivity contribution in [2.24, 2.45) is 0 Å². The molecule has 1 aromatic heterocycles. The van der Waals surface area contributed by atoms with Gasteiger partial charge in [0.25, 0.3) is 5.91 Å². The molecule has 0 saturated heterocycles. The van der Waals surface area contributed by atoms with Gasteiger partial charge in [0.2, 0.25) is 0 Å². The van der Waals surface area contributed by atoms with Crippen LogP contribution in [0.1, 0.15) is 46.6 Å². The molecule has 0 aliphatic heterocycles. The lowest BCUT2D eigenvalue weighted by molar-refractivity contribution is -0.144. The molecule has 3 rings (SSSR count). The Morgan fingerprint density at radius 2 is 1.78 bits per heavy atom. The summed E-state index contributed by atoms with van der Waals surface area (Å²) in [5.74, 6) is 0.239. The van der Waals surface area contributed by atoms with Gasteiger partial charge in [-0.2, -0.15) is 5.10 Å². The summed E-state index contributed by atoms with van der Waals surface area (Å²) in [6.45, 7) is 7.96. The van der Waals surface area contributed by atoms with Crippen LogP contribution in [0.4, 0.5) is 0 Å². The number of carbonyl (C=O) groups is 2. The Kier molecular flexibility index (Phi) is 8.89. The van der Waals surface area contributed by atoms with Crippen molar-refractivity contribution in [1.82, 2.24) is 15.1 Å². The molecule has 1 atom stereocenters. The molecule has 8 heteroatoms. The average molecular weight is 492 g/mol. The molecular weight excluding hydrogens is 458 g/mol. The second-order valence-electron chi connectivity index (χ2n) is 8.57. The van der Waals surface area contributed by atoms with Gasteiger partial charge < -0.3 is 19.5 Å². The Balaban J connectivity index is 1.56. The number of benzene rings is 2. The lowest BCUT2D eigenvalue weighted by Crippen LogP contribution is -2.31. The predicted molar refractivity (Wildman–Crippen MR) is 138 cm³/mol. The van der Waals surface area contributed by atoms with E-state index in [0.717, 1.165) is 28.1 Å². The summed E-state index contributed by atoms with van der Waals surface area (Å²) in [5, 5.41) is 7.41. The summed E-state index contributed by atoms with van der Waals surface area (Å²) in [6.07, 6.45) is 2.99. The van der Waals surface area contributed by atoms with Crippen LogP contribution in [0.2, 0.25) is 0 Å². The summed E-state index contributed by atoms with van der Waals surface area (Å²) < 4.78 is 17.7. The van der Waals surface area contributed by atoms with Crippen molar-refractivity contribution >= 4 is 18.0 Å². The van der Waals surface area contributed by atoms with Crippen LogP contribution in [0.15, 0.2) is 48.5 Å². The van der Waals surface area contributed by atoms with Crippen LogP contribution in [-0.2, 0) is 20.9 Å². The molecule has 0 unspecified atom stereocenters. The van der Waals surface area contributed by atoms with Crippen molar-refractivity contribution < 1.29 is 23.8 Å². The van der Waals surface area contributed by atoms with E-state index < -0.39 is 18.5 Å². The van der Waals surface area contributed by atoms with Gasteiger partial charge >= 0.3 is 5.97 Å². The number of esters is 1. The third kappa shape index (κ3) is 6.75. The van der Waals surface area contributed by atoms with E-state index in [9.17, 15) is 9.59 Å². The maximum absolute atomic E-state index is 12.4. The number of aryl methyl sites for hydroxylation is 2. The normalized spacial score (nSPS) is 11.8. The molecule has 0 fully saturated rings. The Hall–Kier alpha value is -4.07. The highest BCUT2D eigenvalue weighted by Gasteiger charge is 2.16. The van der Waals surface area contributed by atoms with Crippen LogP contribution in [-0.4, -0.2) is 42.5 Å². The minimum atomic E-state index is -0.609. The quantitative estimate of drug-likeness (QED) is 0.336. The topological polar surface area (TPSA) is 91.7 Å². The minimum absolute atomic E-state index is 0.374. The van der Waals surface area contributed by atoms with E-state index in [-0.39, 0.29) is 6.04 Å². The number of methoxy groups -OCH3 is 2. The molecule has 190 valence electrons. The van der Waals surface area contributed by atoms with E-state index in [1.165, 1.54) is 11.6 Å². The first-order valence-corrected chi connectivity index (χ1v) is 11.7. The van der Waals surface area contributed by atoms with Crippen molar-refractivity contribution in [3.8, 4) is 11.5 Å². The molecule has 0 saturated carbocycles. The predicted octanol–water partition coefficient (Wildman–Crippen LogP) is 4.31. The van der Waals surface area contributed by atoms with Crippen molar-refractivity contribution in [1.29, 1.82) is 0 Å². The molecule has 3 aromatic rings. The van der Waals surface area contributed by atoms with E-state index in [1.807, 2.05) is 25.5 Å². The molecule has 1 amide bonds. The standard InChI is InChI=1S/C28H33N3O5/c1-18-7-9-22(10-8-18)16-31-21(4)24(20(3)30-31)12-14-28(33)36-17-27(32)29-19(2)25-15-23(34-5)11-13-26(25)35-6/h7-15,19H,16-17H2,1-6H3,(H,29,32)/b14-12-/t19-/m0/s1. The lowest BCUT2D eigenvalue weighted by atomic mass is 10.1. The monoisotopic (exact) mass is 491 g/mol. The zero-order valence-corrected chi connectivity index (χ0v) is 21.6. The lowest BCUT2D eigenvalue weighted by Gasteiger charge is -2.18. The van der Waals surface area contributed by atoms with E-state index in [1.54, 1.807) is 38.5 Å². The van der Waals surface area contributed by atoms with Crippen LogP contribution >= 0.6 is 0 Å². The number of amides is 1. The van der Waals surface area contributed by atoms with Gasteiger partial charge in [-0.15, -0.1) is 0 Å². The SMILES string of the molecule is COc1ccc(OC)c([C@H](C)NC(=O)COC(=O)/C=C\c2c(C)nn(Cc3ccc(C)cc3)c2C)c1. The summed E-state index contributed by atoms with van der Waals surface area (Å²) in [4.78, 5) is 24.6.